The Bertz CT molecular complexity index is 131. The summed E-state index contributed by atoms with van der Waals surface area (Å²) in [5.41, 5.74) is -0.636. The second kappa shape index (κ2) is 4.49. The van der Waals surface area contributed by atoms with Gasteiger partial charge in [0, 0.05) is 5.41 Å². The fourth-order valence-electron chi connectivity index (χ4n) is 0.646. The van der Waals surface area contributed by atoms with E-state index < -0.39 is 11.5 Å². The van der Waals surface area contributed by atoms with Crippen LogP contribution >= 0.6 is 0 Å². The standard InChI is InChI=1S/C8H16O3/c1-7(11)8(2,6-10)4-3-5-9/h3-4,7,9-11H,5-6H2,1-2H3/b4-3+/t7?,8-/m0/s1. The van der Waals surface area contributed by atoms with Gasteiger partial charge in [-0.3, -0.25) is 0 Å². The molecule has 3 nitrogen and oxygen atoms in total. The Hall–Kier alpha value is -0.380. The van der Waals surface area contributed by atoms with E-state index in [1.807, 2.05) is 0 Å². The van der Waals surface area contributed by atoms with Gasteiger partial charge in [0.2, 0.25) is 0 Å². The van der Waals surface area contributed by atoms with E-state index in [4.69, 9.17) is 10.2 Å². The van der Waals surface area contributed by atoms with Crippen molar-refractivity contribution in [3.63, 3.8) is 0 Å². The number of aliphatic hydroxyl groups is 3. The molecule has 0 amide bonds. The molecule has 0 aliphatic heterocycles. The molecule has 0 saturated carbocycles. The van der Waals surface area contributed by atoms with Gasteiger partial charge < -0.3 is 15.3 Å². The summed E-state index contributed by atoms with van der Waals surface area (Å²) in [6.45, 7) is 3.14. The maximum absolute atomic E-state index is 9.21. The SMILES string of the molecule is CC(O)[C@@](C)(/C=C/CO)CO. The average molecular weight is 160 g/mol. The van der Waals surface area contributed by atoms with Gasteiger partial charge in [0.1, 0.15) is 0 Å². The Morgan fingerprint density at radius 1 is 1.45 bits per heavy atom. The lowest BCUT2D eigenvalue weighted by molar-refractivity contribution is 0.0404. The topological polar surface area (TPSA) is 60.7 Å². The monoisotopic (exact) mass is 160 g/mol. The van der Waals surface area contributed by atoms with Crippen LogP contribution in [0.3, 0.4) is 0 Å². The minimum absolute atomic E-state index is 0.0672. The van der Waals surface area contributed by atoms with Crippen LogP contribution in [0, 0.1) is 5.41 Å². The first-order valence-corrected chi connectivity index (χ1v) is 3.64. The van der Waals surface area contributed by atoms with Crippen LogP contribution in [0.1, 0.15) is 13.8 Å². The van der Waals surface area contributed by atoms with Crippen molar-refractivity contribution in [2.45, 2.75) is 20.0 Å². The van der Waals surface area contributed by atoms with Crippen LogP contribution in [0.4, 0.5) is 0 Å². The molecule has 0 spiro atoms. The summed E-state index contributed by atoms with van der Waals surface area (Å²) in [4.78, 5) is 0. The minimum atomic E-state index is -0.636. The molecule has 0 aromatic rings. The summed E-state index contributed by atoms with van der Waals surface area (Å²) >= 11 is 0. The Morgan fingerprint density at radius 3 is 2.27 bits per heavy atom. The van der Waals surface area contributed by atoms with Crippen LogP contribution in [0.15, 0.2) is 12.2 Å². The predicted molar refractivity (Wildman–Crippen MR) is 43.1 cm³/mol. The largest absolute Gasteiger partial charge is 0.395 e. The average Bonchev–Trinajstić information content (AvgIpc) is 2.00. The first-order chi connectivity index (χ1) is 5.06. The molecule has 0 aliphatic carbocycles. The van der Waals surface area contributed by atoms with Crippen molar-refractivity contribution in [3.05, 3.63) is 12.2 Å². The molecule has 0 radical (unpaired) electrons. The van der Waals surface area contributed by atoms with Gasteiger partial charge in [0.05, 0.1) is 19.3 Å². The van der Waals surface area contributed by atoms with Crippen LogP contribution in [0.2, 0.25) is 0 Å². The van der Waals surface area contributed by atoms with Crippen LogP contribution in [0.5, 0.6) is 0 Å². The molecule has 11 heavy (non-hydrogen) atoms. The minimum Gasteiger partial charge on any atom is -0.395 e. The van der Waals surface area contributed by atoms with Crippen LogP contribution < -0.4 is 0 Å². The van der Waals surface area contributed by atoms with Crippen molar-refractivity contribution >= 4 is 0 Å². The fourth-order valence-corrected chi connectivity index (χ4v) is 0.646. The molecule has 0 aliphatic rings. The molecule has 0 bridgehead atoms. The first-order valence-electron chi connectivity index (χ1n) is 3.64. The second-order valence-corrected chi connectivity index (χ2v) is 2.92. The van der Waals surface area contributed by atoms with E-state index in [2.05, 4.69) is 0 Å². The normalized spacial score (nSPS) is 20.1. The lowest BCUT2D eigenvalue weighted by atomic mass is 9.86. The summed E-state index contributed by atoms with van der Waals surface area (Å²) in [5.74, 6) is 0. The van der Waals surface area contributed by atoms with E-state index >= 15 is 0 Å². The molecule has 2 atom stereocenters. The van der Waals surface area contributed by atoms with Gasteiger partial charge >= 0.3 is 0 Å². The third-order valence-corrected chi connectivity index (χ3v) is 1.90. The highest BCUT2D eigenvalue weighted by atomic mass is 16.3. The van der Waals surface area contributed by atoms with E-state index in [0.717, 1.165) is 0 Å². The molecule has 0 aromatic heterocycles. The lowest BCUT2D eigenvalue weighted by Crippen LogP contribution is -2.31. The van der Waals surface area contributed by atoms with Gasteiger partial charge in [-0.25, -0.2) is 0 Å². The van der Waals surface area contributed by atoms with E-state index in [-0.39, 0.29) is 13.2 Å². The maximum Gasteiger partial charge on any atom is 0.0622 e. The smallest absolute Gasteiger partial charge is 0.0622 e. The molecular formula is C8H16O3. The Kier molecular flexibility index (Phi) is 4.33. The van der Waals surface area contributed by atoms with Crippen molar-refractivity contribution in [2.75, 3.05) is 13.2 Å². The number of aliphatic hydroxyl groups excluding tert-OH is 3. The van der Waals surface area contributed by atoms with Crippen molar-refractivity contribution in [3.8, 4) is 0 Å². The zero-order valence-corrected chi connectivity index (χ0v) is 6.99. The molecule has 0 fully saturated rings. The van der Waals surface area contributed by atoms with E-state index in [1.54, 1.807) is 19.9 Å². The quantitative estimate of drug-likeness (QED) is 0.504. The molecule has 3 N–H and O–H groups in total. The lowest BCUT2D eigenvalue weighted by Gasteiger charge is -2.26. The van der Waals surface area contributed by atoms with Crippen molar-refractivity contribution < 1.29 is 15.3 Å². The molecule has 66 valence electrons. The molecule has 1 unspecified atom stereocenters. The summed E-state index contributed by atoms with van der Waals surface area (Å²) in [6, 6.07) is 0. The highest BCUT2D eigenvalue weighted by Gasteiger charge is 2.25. The van der Waals surface area contributed by atoms with Gasteiger partial charge in [-0.1, -0.05) is 19.1 Å². The van der Waals surface area contributed by atoms with Gasteiger partial charge in [0.15, 0.2) is 0 Å². The van der Waals surface area contributed by atoms with Gasteiger partial charge in [-0.05, 0) is 6.92 Å². The summed E-state index contributed by atoms with van der Waals surface area (Å²) in [6.07, 6.45) is 2.52. The van der Waals surface area contributed by atoms with Gasteiger partial charge in [-0.2, -0.15) is 0 Å². The van der Waals surface area contributed by atoms with Crippen LogP contribution in [-0.4, -0.2) is 34.6 Å². The molecule has 3 heteroatoms. The van der Waals surface area contributed by atoms with Crippen LogP contribution in [0.25, 0.3) is 0 Å². The number of hydrogen-bond acceptors (Lipinski definition) is 3. The van der Waals surface area contributed by atoms with Gasteiger partial charge in [0.25, 0.3) is 0 Å². The van der Waals surface area contributed by atoms with E-state index in [9.17, 15) is 5.11 Å². The highest BCUT2D eigenvalue weighted by molar-refractivity contribution is 4.99. The highest BCUT2D eigenvalue weighted by Crippen LogP contribution is 2.21. The molecule has 0 heterocycles. The molecule has 0 rings (SSSR count). The van der Waals surface area contributed by atoms with E-state index in [0.29, 0.717) is 0 Å². The Labute approximate surface area is 67.0 Å². The number of hydrogen-bond donors (Lipinski definition) is 3. The fraction of sp³-hybridized carbons (Fsp3) is 0.750. The molecular weight excluding hydrogens is 144 g/mol. The summed E-state index contributed by atoms with van der Waals surface area (Å²) in [7, 11) is 0. The third kappa shape index (κ3) is 3.01. The van der Waals surface area contributed by atoms with E-state index in [1.165, 1.54) is 6.08 Å². The van der Waals surface area contributed by atoms with Crippen LogP contribution in [-0.2, 0) is 0 Å². The molecule has 0 aromatic carbocycles. The Morgan fingerprint density at radius 2 is 2.00 bits per heavy atom. The zero-order valence-electron chi connectivity index (χ0n) is 6.99. The number of rotatable bonds is 4. The van der Waals surface area contributed by atoms with Crippen molar-refractivity contribution in [1.82, 2.24) is 0 Å². The third-order valence-electron chi connectivity index (χ3n) is 1.90. The van der Waals surface area contributed by atoms with Crippen molar-refractivity contribution in [2.24, 2.45) is 5.41 Å². The summed E-state index contributed by atoms with van der Waals surface area (Å²) < 4.78 is 0. The molecule has 0 saturated heterocycles. The zero-order chi connectivity index (χ0) is 8.91. The maximum atomic E-state index is 9.21. The van der Waals surface area contributed by atoms with Crippen molar-refractivity contribution in [1.29, 1.82) is 0 Å². The second-order valence-electron chi connectivity index (χ2n) is 2.92. The first kappa shape index (κ1) is 10.6. The predicted octanol–water partition coefficient (Wildman–Crippen LogP) is -0.0857. The Balaban J connectivity index is 4.21. The summed E-state index contributed by atoms with van der Waals surface area (Å²) in [5, 5.41) is 26.6. The van der Waals surface area contributed by atoms with Gasteiger partial charge in [-0.15, -0.1) is 0 Å².